The first kappa shape index (κ1) is 10.4. The van der Waals surface area contributed by atoms with Gasteiger partial charge in [0.1, 0.15) is 12.4 Å². The molecular weight excluding hydrogens is 196 g/mol. The molecule has 0 N–H and O–H groups in total. The molecule has 1 aromatic rings. The van der Waals surface area contributed by atoms with Crippen molar-refractivity contribution in [1.29, 1.82) is 0 Å². The van der Waals surface area contributed by atoms with Crippen LogP contribution in [-0.2, 0) is 16.1 Å². The van der Waals surface area contributed by atoms with Crippen LogP contribution in [0.3, 0.4) is 0 Å². The van der Waals surface area contributed by atoms with Crippen LogP contribution in [0.15, 0.2) is 16.5 Å². The molecule has 0 bridgehead atoms. The highest BCUT2D eigenvalue weighted by atomic mass is 16.5. The number of hydrogen-bond acceptors (Lipinski definition) is 4. The molecule has 0 spiro atoms. The third-order valence-corrected chi connectivity index (χ3v) is 2.43. The fourth-order valence-corrected chi connectivity index (χ4v) is 1.58. The molecule has 82 valence electrons. The molecular formula is C11H14O4. The minimum absolute atomic E-state index is 0.253. The summed E-state index contributed by atoms with van der Waals surface area (Å²) in [6.45, 7) is 1.96. The summed E-state index contributed by atoms with van der Waals surface area (Å²) >= 11 is 0. The molecule has 1 aliphatic heterocycles. The molecule has 1 aliphatic rings. The number of ether oxygens (including phenoxy) is 2. The van der Waals surface area contributed by atoms with E-state index in [1.807, 2.05) is 0 Å². The topological polar surface area (TPSA) is 48.7 Å². The van der Waals surface area contributed by atoms with Gasteiger partial charge in [0.15, 0.2) is 12.0 Å². The van der Waals surface area contributed by atoms with Gasteiger partial charge in [-0.15, -0.1) is 0 Å². The molecule has 0 atom stereocenters. The van der Waals surface area contributed by atoms with Gasteiger partial charge in [-0.2, -0.15) is 0 Å². The van der Waals surface area contributed by atoms with E-state index in [0.29, 0.717) is 24.4 Å². The predicted molar refractivity (Wildman–Crippen MR) is 52.7 cm³/mol. The lowest BCUT2D eigenvalue weighted by Gasteiger charge is -2.21. The highest BCUT2D eigenvalue weighted by molar-refractivity contribution is 5.70. The van der Waals surface area contributed by atoms with E-state index in [0.717, 1.165) is 26.1 Å². The zero-order valence-electron chi connectivity index (χ0n) is 8.48. The van der Waals surface area contributed by atoms with E-state index in [9.17, 15) is 4.79 Å². The molecule has 15 heavy (non-hydrogen) atoms. The average molecular weight is 210 g/mol. The fraction of sp³-hybridized carbons (Fsp3) is 0.545. The van der Waals surface area contributed by atoms with Crippen molar-refractivity contribution in [2.75, 3.05) is 13.2 Å². The van der Waals surface area contributed by atoms with E-state index in [2.05, 4.69) is 0 Å². The second kappa shape index (κ2) is 5.09. The number of rotatable bonds is 4. The molecule has 4 nitrogen and oxygen atoms in total. The molecule has 0 amide bonds. The summed E-state index contributed by atoms with van der Waals surface area (Å²) in [5.74, 6) is 1.05. The Labute approximate surface area is 88.2 Å². The van der Waals surface area contributed by atoms with Crippen LogP contribution < -0.4 is 0 Å². The first-order valence-electron chi connectivity index (χ1n) is 5.12. The lowest BCUT2D eigenvalue weighted by atomic mass is 10.1. The van der Waals surface area contributed by atoms with Crippen LogP contribution in [0.25, 0.3) is 0 Å². The number of carbonyl (C=O) groups is 1. The summed E-state index contributed by atoms with van der Waals surface area (Å²) in [7, 11) is 0. The van der Waals surface area contributed by atoms with Gasteiger partial charge in [0.05, 0.1) is 6.10 Å². The van der Waals surface area contributed by atoms with E-state index in [-0.39, 0.29) is 6.10 Å². The van der Waals surface area contributed by atoms with Crippen molar-refractivity contribution in [3.8, 4) is 0 Å². The SMILES string of the molecule is O=Cc1ccc(COC2CCOCC2)o1. The molecule has 4 heteroatoms. The molecule has 0 aromatic carbocycles. The van der Waals surface area contributed by atoms with Crippen LogP contribution in [0.2, 0.25) is 0 Å². The fourth-order valence-electron chi connectivity index (χ4n) is 1.58. The van der Waals surface area contributed by atoms with E-state index < -0.39 is 0 Å². The van der Waals surface area contributed by atoms with Crippen LogP contribution in [0.5, 0.6) is 0 Å². The Balaban J connectivity index is 1.79. The summed E-state index contributed by atoms with van der Waals surface area (Å²) in [6.07, 6.45) is 2.81. The van der Waals surface area contributed by atoms with Crippen LogP contribution >= 0.6 is 0 Å². The number of furan rings is 1. The van der Waals surface area contributed by atoms with Gasteiger partial charge in [0, 0.05) is 13.2 Å². The summed E-state index contributed by atoms with van der Waals surface area (Å²) in [5, 5.41) is 0. The van der Waals surface area contributed by atoms with Gasteiger partial charge in [-0.1, -0.05) is 0 Å². The normalized spacial score (nSPS) is 17.9. The first-order valence-corrected chi connectivity index (χ1v) is 5.12. The molecule has 1 aromatic heterocycles. The van der Waals surface area contributed by atoms with E-state index in [1.54, 1.807) is 12.1 Å². The van der Waals surface area contributed by atoms with Crippen molar-refractivity contribution in [3.05, 3.63) is 23.7 Å². The number of hydrogen-bond donors (Lipinski definition) is 0. The van der Waals surface area contributed by atoms with Crippen molar-refractivity contribution in [3.63, 3.8) is 0 Å². The summed E-state index contributed by atoms with van der Waals surface area (Å²) in [4.78, 5) is 10.4. The highest BCUT2D eigenvalue weighted by Crippen LogP contribution is 2.14. The third kappa shape index (κ3) is 2.91. The predicted octanol–water partition coefficient (Wildman–Crippen LogP) is 1.79. The molecule has 1 saturated heterocycles. The van der Waals surface area contributed by atoms with Gasteiger partial charge in [-0.25, -0.2) is 0 Å². The van der Waals surface area contributed by atoms with Crippen LogP contribution in [0, 0.1) is 0 Å². The standard InChI is InChI=1S/C11H14O4/c12-7-10-1-2-11(15-10)8-14-9-3-5-13-6-4-9/h1-2,7,9H,3-6,8H2. The van der Waals surface area contributed by atoms with Crippen LogP contribution in [0.1, 0.15) is 29.2 Å². The van der Waals surface area contributed by atoms with Gasteiger partial charge in [0.25, 0.3) is 0 Å². The monoisotopic (exact) mass is 210 g/mol. The minimum Gasteiger partial charge on any atom is -0.456 e. The van der Waals surface area contributed by atoms with Gasteiger partial charge in [0.2, 0.25) is 0 Å². The van der Waals surface area contributed by atoms with Crippen molar-refractivity contribution < 1.29 is 18.7 Å². The number of carbonyl (C=O) groups excluding carboxylic acids is 1. The maximum Gasteiger partial charge on any atom is 0.185 e. The Morgan fingerprint density at radius 3 is 2.87 bits per heavy atom. The Kier molecular flexibility index (Phi) is 3.53. The Hall–Kier alpha value is -1.13. The Morgan fingerprint density at radius 2 is 2.20 bits per heavy atom. The molecule has 0 radical (unpaired) electrons. The maximum atomic E-state index is 10.4. The van der Waals surface area contributed by atoms with Crippen molar-refractivity contribution in [2.45, 2.75) is 25.6 Å². The quantitative estimate of drug-likeness (QED) is 0.711. The second-order valence-electron chi connectivity index (χ2n) is 3.54. The Morgan fingerprint density at radius 1 is 1.40 bits per heavy atom. The molecule has 0 saturated carbocycles. The lowest BCUT2D eigenvalue weighted by molar-refractivity contribution is -0.0434. The van der Waals surface area contributed by atoms with Crippen molar-refractivity contribution in [1.82, 2.24) is 0 Å². The minimum atomic E-state index is 0.253. The zero-order valence-corrected chi connectivity index (χ0v) is 8.48. The first-order chi connectivity index (χ1) is 7.38. The molecule has 1 fully saturated rings. The van der Waals surface area contributed by atoms with Crippen LogP contribution in [0.4, 0.5) is 0 Å². The smallest absolute Gasteiger partial charge is 0.185 e. The Bertz CT molecular complexity index is 312. The van der Waals surface area contributed by atoms with E-state index in [1.165, 1.54) is 0 Å². The van der Waals surface area contributed by atoms with Gasteiger partial charge in [-0.05, 0) is 25.0 Å². The molecule has 0 unspecified atom stereocenters. The molecule has 2 heterocycles. The molecule has 2 rings (SSSR count). The van der Waals surface area contributed by atoms with Crippen molar-refractivity contribution >= 4 is 6.29 Å². The summed E-state index contributed by atoms with van der Waals surface area (Å²) < 4.78 is 16.1. The summed E-state index contributed by atoms with van der Waals surface area (Å²) in [5.41, 5.74) is 0. The largest absolute Gasteiger partial charge is 0.456 e. The van der Waals surface area contributed by atoms with Crippen LogP contribution in [-0.4, -0.2) is 25.6 Å². The van der Waals surface area contributed by atoms with Gasteiger partial charge < -0.3 is 13.9 Å². The van der Waals surface area contributed by atoms with E-state index in [4.69, 9.17) is 13.9 Å². The van der Waals surface area contributed by atoms with Gasteiger partial charge >= 0.3 is 0 Å². The molecule has 0 aliphatic carbocycles. The summed E-state index contributed by atoms with van der Waals surface area (Å²) in [6, 6.07) is 3.42. The third-order valence-electron chi connectivity index (χ3n) is 2.43. The van der Waals surface area contributed by atoms with Gasteiger partial charge in [-0.3, -0.25) is 4.79 Å². The average Bonchev–Trinajstić information content (AvgIpc) is 2.76. The second-order valence-corrected chi connectivity index (χ2v) is 3.54. The zero-order chi connectivity index (χ0) is 10.5. The maximum absolute atomic E-state index is 10.4. The number of aldehydes is 1. The van der Waals surface area contributed by atoms with Crippen molar-refractivity contribution in [2.24, 2.45) is 0 Å². The highest BCUT2D eigenvalue weighted by Gasteiger charge is 2.14. The van der Waals surface area contributed by atoms with E-state index >= 15 is 0 Å². The lowest BCUT2D eigenvalue weighted by Crippen LogP contribution is -2.23.